The molecule has 0 aliphatic carbocycles. The molecule has 2 aromatic heterocycles. The Kier molecular flexibility index (Phi) is 5.01. The van der Waals surface area contributed by atoms with Gasteiger partial charge in [-0.15, -0.1) is 0 Å². The summed E-state index contributed by atoms with van der Waals surface area (Å²) in [4.78, 5) is 38.3. The van der Waals surface area contributed by atoms with Gasteiger partial charge in [-0.3, -0.25) is 18.7 Å². The van der Waals surface area contributed by atoms with Crippen LogP contribution >= 0.6 is 0 Å². The average molecular weight is 411 g/mol. The molecule has 1 amide bonds. The van der Waals surface area contributed by atoms with Gasteiger partial charge in [-0.05, 0) is 36.4 Å². The van der Waals surface area contributed by atoms with Gasteiger partial charge < -0.3 is 9.73 Å². The highest BCUT2D eigenvalue weighted by molar-refractivity contribution is 5.91. The molecule has 0 fully saturated rings. The van der Waals surface area contributed by atoms with E-state index in [-0.39, 0.29) is 23.1 Å². The van der Waals surface area contributed by atoms with E-state index in [2.05, 4.69) is 5.32 Å². The van der Waals surface area contributed by atoms with Crippen LogP contribution in [0.4, 0.5) is 14.5 Å². The molecule has 4 aromatic rings. The molecule has 0 aliphatic rings. The van der Waals surface area contributed by atoms with Gasteiger partial charge in [-0.25, -0.2) is 13.6 Å². The molecule has 0 saturated heterocycles. The summed E-state index contributed by atoms with van der Waals surface area (Å²) in [5.41, 5.74) is -1.36. The van der Waals surface area contributed by atoms with Gasteiger partial charge in [0.05, 0.1) is 29.4 Å². The van der Waals surface area contributed by atoms with Crippen molar-refractivity contribution in [3.8, 4) is 0 Å². The molecule has 0 bridgehead atoms. The number of carbonyl (C=O) groups is 1. The second kappa shape index (κ2) is 7.78. The summed E-state index contributed by atoms with van der Waals surface area (Å²) in [6.45, 7) is -0.622. The third kappa shape index (κ3) is 3.64. The SMILES string of the molecule is O=C(Cn1c(=O)n(Cc2ccco2)c(=O)c2ccccc21)Nc1cc(F)ccc1F. The summed E-state index contributed by atoms with van der Waals surface area (Å²) in [6, 6.07) is 12.2. The minimum Gasteiger partial charge on any atom is -0.467 e. The summed E-state index contributed by atoms with van der Waals surface area (Å²) in [6.07, 6.45) is 1.42. The largest absolute Gasteiger partial charge is 0.467 e. The fraction of sp³-hybridized carbons (Fsp3) is 0.0952. The lowest BCUT2D eigenvalue weighted by atomic mass is 10.2. The van der Waals surface area contributed by atoms with Gasteiger partial charge >= 0.3 is 5.69 Å². The smallest absolute Gasteiger partial charge is 0.332 e. The molecule has 0 aliphatic heterocycles. The third-order valence-corrected chi connectivity index (χ3v) is 4.53. The van der Waals surface area contributed by atoms with Crippen LogP contribution in [0.2, 0.25) is 0 Å². The number of benzene rings is 2. The molecule has 9 heteroatoms. The topological polar surface area (TPSA) is 86.2 Å². The summed E-state index contributed by atoms with van der Waals surface area (Å²) >= 11 is 0. The first-order valence-corrected chi connectivity index (χ1v) is 8.93. The van der Waals surface area contributed by atoms with Crippen molar-refractivity contribution in [1.29, 1.82) is 0 Å². The summed E-state index contributed by atoms with van der Waals surface area (Å²) in [5, 5.41) is 2.48. The quantitative estimate of drug-likeness (QED) is 0.547. The number of aromatic nitrogens is 2. The zero-order chi connectivity index (χ0) is 21.3. The van der Waals surface area contributed by atoms with Crippen LogP contribution in [0.1, 0.15) is 5.76 Å². The molecule has 0 unspecified atom stereocenters. The number of hydrogen-bond donors (Lipinski definition) is 1. The molecule has 4 rings (SSSR count). The number of hydrogen-bond acceptors (Lipinski definition) is 4. The zero-order valence-electron chi connectivity index (χ0n) is 15.5. The number of halogens is 2. The van der Waals surface area contributed by atoms with Gasteiger partial charge in [-0.2, -0.15) is 0 Å². The van der Waals surface area contributed by atoms with Crippen LogP contribution < -0.4 is 16.6 Å². The highest BCUT2D eigenvalue weighted by Gasteiger charge is 2.17. The fourth-order valence-corrected chi connectivity index (χ4v) is 3.15. The summed E-state index contributed by atoms with van der Waals surface area (Å²) in [7, 11) is 0. The number of carbonyl (C=O) groups excluding carboxylic acids is 1. The van der Waals surface area contributed by atoms with E-state index in [4.69, 9.17) is 4.42 Å². The lowest BCUT2D eigenvalue weighted by Gasteiger charge is -2.14. The molecule has 0 atom stereocenters. The Morgan fingerprint density at radius 2 is 1.80 bits per heavy atom. The van der Waals surface area contributed by atoms with E-state index in [1.165, 1.54) is 18.4 Å². The Bertz CT molecular complexity index is 1360. The minimum atomic E-state index is -0.815. The maximum Gasteiger partial charge on any atom is 0.332 e. The van der Waals surface area contributed by atoms with Crippen LogP contribution in [-0.2, 0) is 17.9 Å². The summed E-state index contributed by atoms with van der Waals surface area (Å²) in [5.74, 6) is -1.90. The van der Waals surface area contributed by atoms with Crippen LogP contribution in [0, 0.1) is 11.6 Å². The molecule has 1 N–H and O–H groups in total. The van der Waals surface area contributed by atoms with E-state index < -0.39 is 35.3 Å². The van der Waals surface area contributed by atoms with E-state index in [1.807, 2.05) is 0 Å². The Morgan fingerprint density at radius 3 is 2.57 bits per heavy atom. The third-order valence-electron chi connectivity index (χ3n) is 4.53. The monoisotopic (exact) mass is 411 g/mol. The van der Waals surface area contributed by atoms with Crippen molar-refractivity contribution >= 4 is 22.5 Å². The highest BCUT2D eigenvalue weighted by Crippen LogP contribution is 2.15. The van der Waals surface area contributed by atoms with E-state index in [0.29, 0.717) is 5.76 Å². The number of nitrogens with one attached hydrogen (secondary N) is 1. The first-order chi connectivity index (χ1) is 14.4. The van der Waals surface area contributed by atoms with Gasteiger partial charge in [0.25, 0.3) is 5.56 Å². The lowest BCUT2D eigenvalue weighted by molar-refractivity contribution is -0.116. The fourth-order valence-electron chi connectivity index (χ4n) is 3.15. The van der Waals surface area contributed by atoms with Gasteiger partial charge in [0, 0.05) is 6.07 Å². The maximum atomic E-state index is 13.8. The van der Waals surface area contributed by atoms with Crippen molar-refractivity contribution in [2.45, 2.75) is 13.1 Å². The van der Waals surface area contributed by atoms with E-state index in [9.17, 15) is 23.2 Å². The van der Waals surface area contributed by atoms with Crippen molar-refractivity contribution < 1.29 is 18.0 Å². The van der Waals surface area contributed by atoms with E-state index in [1.54, 1.807) is 24.3 Å². The molecular weight excluding hydrogens is 396 g/mol. The first-order valence-electron chi connectivity index (χ1n) is 8.93. The number of nitrogens with zero attached hydrogens (tertiary/aromatic N) is 2. The van der Waals surface area contributed by atoms with E-state index >= 15 is 0 Å². The average Bonchev–Trinajstić information content (AvgIpc) is 3.24. The minimum absolute atomic E-state index is 0.115. The van der Waals surface area contributed by atoms with Gasteiger partial charge in [-0.1, -0.05) is 12.1 Å². The molecule has 0 radical (unpaired) electrons. The van der Waals surface area contributed by atoms with Crippen molar-refractivity contribution in [1.82, 2.24) is 9.13 Å². The number of rotatable bonds is 5. The second-order valence-corrected chi connectivity index (χ2v) is 6.53. The van der Waals surface area contributed by atoms with Crippen molar-refractivity contribution in [3.05, 3.63) is 99.1 Å². The van der Waals surface area contributed by atoms with Gasteiger partial charge in [0.15, 0.2) is 0 Å². The number of para-hydroxylation sites is 1. The molecule has 30 heavy (non-hydrogen) atoms. The second-order valence-electron chi connectivity index (χ2n) is 6.53. The number of fused-ring (bicyclic) bond motifs is 1. The Morgan fingerprint density at radius 1 is 1.00 bits per heavy atom. The molecular formula is C21H15F2N3O4. The van der Waals surface area contributed by atoms with Crippen molar-refractivity contribution in [2.75, 3.05) is 5.32 Å². The molecule has 2 aromatic carbocycles. The predicted octanol–water partition coefficient (Wildman–Crippen LogP) is 2.72. The number of amides is 1. The Labute approximate surface area is 167 Å². The molecule has 0 saturated carbocycles. The van der Waals surface area contributed by atoms with E-state index in [0.717, 1.165) is 27.3 Å². The normalized spacial score (nSPS) is 11.0. The number of furan rings is 1. The first kappa shape index (κ1) is 19.3. The highest BCUT2D eigenvalue weighted by atomic mass is 19.1. The van der Waals surface area contributed by atoms with Crippen molar-refractivity contribution in [2.24, 2.45) is 0 Å². The number of anilines is 1. The van der Waals surface area contributed by atoms with Gasteiger partial charge in [0.2, 0.25) is 5.91 Å². The van der Waals surface area contributed by atoms with Crippen LogP contribution in [0.25, 0.3) is 10.9 Å². The lowest BCUT2D eigenvalue weighted by Crippen LogP contribution is -2.42. The zero-order valence-corrected chi connectivity index (χ0v) is 15.5. The summed E-state index contributed by atoms with van der Waals surface area (Å²) < 4.78 is 34.5. The maximum absolute atomic E-state index is 13.8. The molecule has 7 nitrogen and oxygen atoms in total. The van der Waals surface area contributed by atoms with Crippen LogP contribution in [0.3, 0.4) is 0 Å². The van der Waals surface area contributed by atoms with Gasteiger partial charge in [0.1, 0.15) is 23.9 Å². The van der Waals surface area contributed by atoms with Crippen LogP contribution in [0.15, 0.2) is 74.9 Å². The molecule has 0 spiro atoms. The predicted molar refractivity (Wildman–Crippen MR) is 105 cm³/mol. The van der Waals surface area contributed by atoms with Crippen molar-refractivity contribution in [3.63, 3.8) is 0 Å². The molecule has 2 heterocycles. The standard InChI is InChI=1S/C21H15F2N3O4/c22-13-7-8-16(23)17(10-13)24-19(27)12-25-18-6-2-1-5-15(18)20(28)26(21(25)29)11-14-4-3-9-30-14/h1-10H,11-12H2,(H,24,27). The van der Waals surface area contributed by atoms with Crippen LogP contribution in [0.5, 0.6) is 0 Å². The van der Waals surface area contributed by atoms with Crippen LogP contribution in [-0.4, -0.2) is 15.0 Å². The Hall–Kier alpha value is -4.01. The molecule has 152 valence electrons. The Balaban J connectivity index is 1.76.